The highest BCUT2D eigenvalue weighted by Gasteiger charge is 2.26. The van der Waals surface area contributed by atoms with Crippen LogP contribution in [0.3, 0.4) is 0 Å². The van der Waals surface area contributed by atoms with Crippen molar-refractivity contribution in [1.82, 2.24) is 5.32 Å². The van der Waals surface area contributed by atoms with Gasteiger partial charge in [0.05, 0.1) is 13.2 Å². The molecule has 60 heavy (non-hydrogen) atoms. The molecule has 336 valence electrons. The third kappa shape index (κ3) is 43.7. The van der Waals surface area contributed by atoms with Gasteiger partial charge in [-0.25, -0.2) is 4.57 Å². The van der Waals surface area contributed by atoms with Gasteiger partial charge in [0.2, 0.25) is 0 Å². The molecule has 0 aromatic rings. The third-order valence-corrected chi connectivity index (χ3v) is 9.26. The Balaban J connectivity index is 4.44. The number of unbranched alkanes of at least 4 members (excludes halogenated alkanes) is 3. The number of esters is 2. The van der Waals surface area contributed by atoms with E-state index in [1.54, 1.807) is 7.05 Å². The second kappa shape index (κ2) is 44.7. The molecule has 2 N–H and O–H groups in total. The summed E-state index contributed by atoms with van der Waals surface area (Å²) in [5, 5.41) is 2.81. The molecule has 0 fully saturated rings. The lowest BCUT2D eigenvalue weighted by Gasteiger charge is -2.20. The average Bonchev–Trinajstić information content (AvgIpc) is 3.23. The topological polar surface area (TPSA) is 120 Å². The molecule has 0 radical (unpaired) electrons. The van der Waals surface area contributed by atoms with Gasteiger partial charge in [-0.2, -0.15) is 0 Å². The zero-order valence-corrected chi connectivity index (χ0v) is 38.0. The van der Waals surface area contributed by atoms with Gasteiger partial charge in [-0.05, 0) is 103 Å². The summed E-state index contributed by atoms with van der Waals surface area (Å²) in [6, 6.07) is 0. The molecule has 0 amide bonds. The minimum Gasteiger partial charge on any atom is -0.462 e. The number of rotatable bonds is 39. The van der Waals surface area contributed by atoms with Crippen LogP contribution < -0.4 is 5.32 Å². The largest absolute Gasteiger partial charge is 0.472 e. The maximum Gasteiger partial charge on any atom is 0.472 e. The SMILES string of the molecule is CC/C=C\C/C=C\C/C=C\C/C=C\C/C=C\C/C=C\CCC(=O)OCC(COP(=O)(O)OCCNC)OC(=O)CCCCC/C=C\C/C=C\C/C=C\C/C=C\C/C=C\CC. The lowest BCUT2D eigenvalue weighted by Crippen LogP contribution is -2.29. The molecule has 0 heterocycles. The molecule has 0 spiro atoms. The molecule has 0 saturated carbocycles. The van der Waals surface area contributed by atoms with Crippen LogP contribution in [0.2, 0.25) is 0 Å². The van der Waals surface area contributed by atoms with Gasteiger partial charge in [-0.3, -0.25) is 18.6 Å². The molecule has 0 rings (SSSR count). The summed E-state index contributed by atoms with van der Waals surface area (Å²) in [7, 11) is -2.70. The van der Waals surface area contributed by atoms with Gasteiger partial charge in [-0.1, -0.05) is 154 Å². The normalized spacial score (nSPS) is 14.5. The fourth-order valence-corrected chi connectivity index (χ4v) is 5.77. The Morgan fingerprint density at radius 2 is 0.933 bits per heavy atom. The van der Waals surface area contributed by atoms with E-state index >= 15 is 0 Å². The van der Waals surface area contributed by atoms with Gasteiger partial charge in [0, 0.05) is 19.4 Å². The number of carbonyl (C=O) groups is 2. The highest BCUT2D eigenvalue weighted by molar-refractivity contribution is 7.47. The number of hydrogen-bond donors (Lipinski definition) is 2. The number of allylic oxidation sites excluding steroid dienone is 22. The summed E-state index contributed by atoms with van der Waals surface area (Å²) in [5.74, 6) is -0.959. The first kappa shape index (κ1) is 56.1. The average molecular weight is 852 g/mol. The maximum absolute atomic E-state index is 12.6. The lowest BCUT2D eigenvalue weighted by atomic mass is 10.1. The van der Waals surface area contributed by atoms with Crippen LogP contribution in [-0.2, 0) is 32.7 Å². The maximum atomic E-state index is 12.6. The Bertz CT molecular complexity index is 1430. The number of ether oxygens (including phenoxy) is 2. The molecule has 2 unspecified atom stereocenters. The van der Waals surface area contributed by atoms with E-state index in [1.807, 2.05) is 12.2 Å². The summed E-state index contributed by atoms with van der Waals surface area (Å²) in [6.45, 7) is 3.83. The van der Waals surface area contributed by atoms with Gasteiger partial charge in [0.15, 0.2) is 6.10 Å². The van der Waals surface area contributed by atoms with Crippen LogP contribution in [0.4, 0.5) is 0 Å². The molecule has 0 aliphatic rings. The van der Waals surface area contributed by atoms with Gasteiger partial charge in [-0.15, -0.1) is 0 Å². The molecule has 9 nitrogen and oxygen atoms in total. The van der Waals surface area contributed by atoms with Crippen molar-refractivity contribution in [2.45, 2.75) is 136 Å². The van der Waals surface area contributed by atoms with Crippen molar-refractivity contribution in [3.05, 3.63) is 134 Å². The molecule has 0 saturated heterocycles. The third-order valence-electron chi connectivity index (χ3n) is 8.28. The Morgan fingerprint density at radius 3 is 1.37 bits per heavy atom. The van der Waals surface area contributed by atoms with Crippen molar-refractivity contribution in [1.29, 1.82) is 0 Å². The van der Waals surface area contributed by atoms with Crippen LogP contribution >= 0.6 is 7.82 Å². The highest BCUT2D eigenvalue weighted by atomic mass is 31.2. The van der Waals surface area contributed by atoms with Crippen LogP contribution in [0.5, 0.6) is 0 Å². The molecule has 0 aromatic heterocycles. The van der Waals surface area contributed by atoms with E-state index in [9.17, 15) is 19.0 Å². The van der Waals surface area contributed by atoms with Crippen molar-refractivity contribution in [3.63, 3.8) is 0 Å². The zero-order valence-electron chi connectivity index (χ0n) is 37.1. The summed E-state index contributed by atoms with van der Waals surface area (Å²) < 4.78 is 33.1. The van der Waals surface area contributed by atoms with E-state index in [0.29, 0.717) is 19.4 Å². The minimum atomic E-state index is -4.39. The first-order valence-electron chi connectivity index (χ1n) is 22.1. The van der Waals surface area contributed by atoms with Crippen molar-refractivity contribution in [2.24, 2.45) is 0 Å². The van der Waals surface area contributed by atoms with E-state index < -0.39 is 32.5 Å². The second-order valence-electron chi connectivity index (χ2n) is 13.8. The molecular formula is C50H78NO8P. The molecule has 0 bridgehead atoms. The Kier molecular flexibility index (Phi) is 41.8. The van der Waals surface area contributed by atoms with Crippen LogP contribution in [0.25, 0.3) is 0 Å². The van der Waals surface area contributed by atoms with E-state index in [2.05, 4.69) is 141 Å². The molecule has 0 aliphatic carbocycles. The molecule has 0 aromatic carbocycles. The first-order chi connectivity index (χ1) is 29.3. The van der Waals surface area contributed by atoms with Gasteiger partial charge < -0.3 is 19.7 Å². The van der Waals surface area contributed by atoms with Crippen LogP contribution in [0, 0.1) is 0 Å². The number of hydrogen-bond acceptors (Lipinski definition) is 8. The summed E-state index contributed by atoms with van der Waals surface area (Å²) in [6.07, 6.45) is 60.8. The quantitative estimate of drug-likeness (QED) is 0.0269. The van der Waals surface area contributed by atoms with Crippen molar-refractivity contribution < 1.29 is 37.6 Å². The van der Waals surface area contributed by atoms with Crippen molar-refractivity contribution in [3.8, 4) is 0 Å². The molecular weight excluding hydrogens is 774 g/mol. The summed E-state index contributed by atoms with van der Waals surface area (Å²) in [4.78, 5) is 35.1. The van der Waals surface area contributed by atoms with Crippen molar-refractivity contribution >= 4 is 19.8 Å². The monoisotopic (exact) mass is 852 g/mol. The fraction of sp³-hybridized carbons (Fsp3) is 0.520. The van der Waals surface area contributed by atoms with Gasteiger partial charge >= 0.3 is 19.8 Å². The van der Waals surface area contributed by atoms with Gasteiger partial charge in [0.25, 0.3) is 0 Å². The summed E-state index contributed by atoms with van der Waals surface area (Å²) in [5.41, 5.74) is 0. The van der Waals surface area contributed by atoms with E-state index in [1.165, 1.54) is 0 Å². The Morgan fingerprint density at radius 1 is 0.517 bits per heavy atom. The number of likely N-dealkylation sites (N-methyl/N-ethyl adjacent to an activating group) is 1. The van der Waals surface area contributed by atoms with Crippen LogP contribution in [0.15, 0.2) is 134 Å². The number of phosphoric acid groups is 1. The first-order valence-corrected chi connectivity index (χ1v) is 23.6. The predicted octanol–water partition coefficient (Wildman–Crippen LogP) is 13.0. The number of nitrogens with one attached hydrogen (secondary N) is 1. The molecule has 0 aliphatic heterocycles. The molecule has 10 heteroatoms. The van der Waals surface area contributed by atoms with E-state index in [-0.39, 0.29) is 26.1 Å². The predicted molar refractivity (Wildman–Crippen MR) is 251 cm³/mol. The highest BCUT2D eigenvalue weighted by Crippen LogP contribution is 2.43. The molecule has 2 atom stereocenters. The standard InChI is InChI=1S/C50H78NO8P/c1-4-6-8-10-12-14-16-18-20-22-24-26-28-30-32-34-36-38-40-42-49(52)56-46-48(47-58-60(54,55)57-45-44-51-3)59-50(53)43-41-39-37-35-33-31-29-27-25-23-21-19-17-15-13-11-9-7-5-2/h6-9,12-15,18-21,24-27,30-33,36,38,48,51H,4-5,10-11,16-17,22-23,28-29,34-35,37,39-47H2,1-3H3,(H,54,55)/b8-6-,9-7-,14-12-,15-13-,20-18-,21-19-,26-24-,27-25-,32-30-,33-31-,38-36-. The van der Waals surface area contributed by atoms with Crippen LogP contribution in [0.1, 0.15) is 129 Å². The minimum absolute atomic E-state index is 0.0437. The number of phosphoric ester groups is 1. The van der Waals surface area contributed by atoms with E-state index in [0.717, 1.165) is 89.9 Å². The zero-order chi connectivity index (χ0) is 43.9. The van der Waals surface area contributed by atoms with Gasteiger partial charge in [0.1, 0.15) is 6.61 Å². The summed E-state index contributed by atoms with van der Waals surface area (Å²) >= 11 is 0. The van der Waals surface area contributed by atoms with Crippen LogP contribution in [-0.4, -0.2) is 56.3 Å². The fourth-order valence-electron chi connectivity index (χ4n) is 5.01. The van der Waals surface area contributed by atoms with Crippen molar-refractivity contribution in [2.75, 3.05) is 33.4 Å². The second-order valence-corrected chi connectivity index (χ2v) is 15.2. The number of carbonyl (C=O) groups excluding carboxylic acids is 2. The Hall–Kier alpha value is -3.85. The lowest BCUT2D eigenvalue weighted by molar-refractivity contribution is -0.161. The smallest absolute Gasteiger partial charge is 0.462 e. The Labute approximate surface area is 364 Å². The van der Waals surface area contributed by atoms with E-state index in [4.69, 9.17) is 18.5 Å².